The lowest BCUT2D eigenvalue weighted by molar-refractivity contribution is 0.162. The van der Waals surface area contributed by atoms with Crippen molar-refractivity contribution in [1.29, 1.82) is 0 Å². The molecule has 2 nitrogen and oxygen atoms in total. The second-order valence-corrected chi connectivity index (χ2v) is 5.10. The van der Waals surface area contributed by atoms with E-state index in [-0.39, 0.29) is 0 Å². The molecule has 1 rings (SSSR count). The smallest absolute Gasteiger partial charge is 0.0221 e. The normalized spacial score (nSPS) is 21.6. The van der Waals surface area contributed by atoms with Gasteiger partial charge in [-0.15, -0.1) is 0 Å². The summed E-state index contributed by atoms with van der Waals surface area (Å²) in [5.41, 5.74) is 0. The van der Waals surface area contributed by atoms with E-state index < -0.39 is 0 Å². The van der Waals surface area contributed by atoms with Crippen LogP contribution in [0.15, 0.2) is 0 Å². The van der Waals surface area contributed by atoms with Gasteiger partial charge in [0.25, 0.3) is 0 Å². The largest absolute Gasteiger partial charge is 0.315 e. The maximum absolute atomic E-state index is 3.53. The zero-order valence-corrected chi connectivity index (χ0v) is 11.3. The van der Waals surface area contributed by atoms with Gasteiger partial charge in [-0.25, -0.2) is 0 Å². The van der Waals surface area contributed by atoms with Crippen LogP contribution in [0.5, 0.6) is 0 Å². The van der Waals surface area contributed by atoms with Gasteiger partial charge in [-0.1, -0.05) is 33.1 Å². The lowest BCUT2D eigenvalue weighted by atomic mass is 10.0. The summed E-state index contributed by atoms with van der Waals surface area (Å²) >= 11 is 0. The molecular weight excluding hydrogens is 196 g/mol. The summed E-state index contributed by atoms with van der Waals surface area (Å²) in [4.78, 5) is 2.72. The molecule has 1 N–H and O–H groups in total. The zero-order valence-electron chi connectivity index (χ0n) is 11.3. The molecule has 0 spiro atoms. The molecular formula is C14H30N2. The fourth-order valence-corrected chi connectivity index (χ4v) is 2.65. The molecule has 2 heteroatoms. The summed E-state index contributed by atoms with van der Waals surface area (Å²) < 4.78 is 0. The lowest BCUT2D eigenvalue weighted by Crippen LogP contribution is -2.46. The van der Waals surface area contributed by atoms with E-state index in [9.17, 15) is 0 Å². The Balaban J connectivity index is 2.22. The van der Waals surface area contributed by atoms with Crippen molar-refractivity contribution in [2.24, 2.45) is 0 Å². The van der Waals surface area contributed by atoms with Crippen LogP contribution in [0.3, 0.4) is 0 Å². The predicted molar refractivity (Wildman–Crippen MR) is 71.9 cm³/mol. The molecule has 1 heterocycles. The Hall–Kier alpha value is -0.0800. The topological polar surface area (TPSA) is 15.3 Å². The molecule has 96 valence electrons. The van der Waals surface area contributed by atoms with Crippen molar-refractivity contribution >= 4 is 0 Å². The molecule has 0 aliphatic carbocycles. The average Bonchev–Trinajstić information content (AvgIpc) is 2.34. The summed E-state index contributed by atoms with van der Waals surface area (Å²) in [5, 5.41) is 3.53. The maximum Gasteiger partial charge on any atom is 0.0221 e. The summed E-state index contributed by atoms with van der Waals surface area (Å²) in [7, 11) is 0. The van der Waals surface area contributed by atoms with Crippen molar-refractivity contribution < 1.29 is 0 Å². The third-order valence-electron chi connectivity index (χ3n) is 3.60. The monoisotopic (exact) mass is 226 g/mol. The van der Waals surface area contributed by atoms with Gasteiger partial charge < -0.3 is 5.32 Å². The van der Waals surface area contributed by atoms with Crippen LogP contribution in [-0.4, -0.2) is 37.1 Å². The number of piperidine rings is 1. The fourth-order valence-electron chi connectivity index (χ4n) is 2.65. The molecule has 0 aromatic carbocycles. The molecule has 0 radical (unpaired) electrons. The SMILES string of the molecule is CCCCCCN(CCC)C1CCCNC1. The molecule has 0 saturated carbocycles. The van der Waals surface area contributed by atoms with Crippen LogP contribution in [-0.2, 0) is 0 Å². The molecule has 1 fully saturated rings. The van der Waals surface area contributed by atoms with Crippen molar-refractivity contribution in [2.75, 3.05) is 26.2 Å². The van der Waals surface area contributed by atoms with Gasteiger partial charge in [0, 0.05) is 12.6 Å². The molecule has 1 saturated heterocycles. The Labute approximate surface area is 102 Å². The van der Waals surface area contributed by atoms with E-state index in [2.05, 4.69) is 24.1 Å². The maximum atomic E-state index is 3.53. The minimum absolute atomic E-state index is 0.815. The van der Waals surface area contributed by atoms with Crippen LogP contribution in [0.25, 0.3) is 0 Å². The van der Waals surface area contributed by atoms with E-state index in [1.807, 2.05) is 0 Å². The quantitative estimate of drug-likeness (QED) is 0.640. The van der Waals surface area contributed by atoms with E-state index in [1.165, 1.54) is 71.1 Å². The van der Waals surface area contributed by atoms with Crippen LogP contribution in [0.4, 0.5) is 0 Å². The van der Waals surface area contributed by atoms with Crippen molar-refractivity contribution in [2.45, 2.75) is 64.8 Å². The van der Waals surface area contributed by atoms with Crippen molar-refractivity contribution in [3.63, 3.8) is 0 Å². The van der Waals surface area contributed by atoms with E-state index in [0.717, 1.165) is 6.04 Å². The summed E-state index contributed by atoms with van der Waals surface area (Å²) in [6.07, 6.45) is 9.62. The van der Waals surface area contributed by atoms with Gasteiger partial charge in [-0.05, 0) is 45.3 Å². The first kappa shape index (κ1) is 14.0. The first-order chi connectivity index (χ1) is 7.88. The number of nitrogens with zero attached hydrogens (tertiary/aromatic N) is 1. The second-order valence-electron chi connectivity index (χ2n) is 5.10. The number of unbranched alkanes of at least 4 members (excludes halogenated alkanes) is 3. The second kappa shape index (κ2) is 9.00. The van der Waals surface area contributed by atoms with Crippen molar-refractivity contribution in [3.8, 4) is 0 Å². The minimum atomic E-state index is 0.815. The van der Waals surface area contributed by atoms with E-state index in [4.69, 9.17) is 0 Å². The number of rotatable bonds is 8. The van der Waals surface area contributed by atoms with E-state index in [1.54, 1.807) is 0 Å². The standard InChI is InChI=1S/C14H30N2/c1-3-5-6-7-12-16(11-4-2)14-9-8-10-15-13-14/h14-15H,3-13H2,1-2H3. The number of nitrogens with one attached hydrogen (secondary N) is 1. The highest BCUT2D eigenvalue weighted by atomic mass is 15.2. The Morgan fingerprint density at radius 3 is 2.56 bits per heavy atom. The minimum Gasteiger partial charge on any atom is -0.315 e. The fraction of sp³-hybridized carbons (Fsp3) is 1.00. The zero-order chi connectivity index (χ0) is 11.6. The molecule has 16 heavy (non-hydrogen) atoms. The molecule has 1 aliphatic heterocycles. The first-order valence-corrected chi connectivity index (χ1v) is 7.33. The van der Waals surface area contributed by atoms with Crippen LogP contribution in [0, 0.1) is 0 Å². The van der Waals surface area contributed by atoms with Gasteiger partial charge in [0.15, 0.2) is 0 Å². The molecule has 0 bridgehead atoms. The Kier molecular flexibility index (Phi) is 7.87. The molecule has 1 aliphatic rings. The van der Waals surface area contributed by atoms with Crippen LogP contribution >= 0.6 is 0 Å². The number of hydrogen-bond donors (Lipinski definition) is 1. The highest BCUT2D eigenvalue weighted by Crippen LogP contribution is 2.12. The van der Waals surface area contributed by atoms with Crippen molar-refractivity contribution in [3.05, 3.63) is 0 Å². The van der Waals surface area contributed by atoms with Gasteiger partial charge >= 0.3 is 0 Å². The Morgan fingerprint density at radius 2 is 1.94 bits per heavy atom. The van der Waals surface area contributed by atoms with Gasteiger partial charge in [0.2, 0.25) is 0 Å². The average molecular weight is 226 g/mol. The molecule has 0 aromatic heterocycles. The van der Waals surface area contributed by atoms with Gasteiger partial charge in [-0.2, -0.15) is 0 Å². The highest BCUT2D eigenvalue weighted by Gasteiger charge is 2.19. The highest BCUT2D eigenvalue weighted by molar-refractivity contribution is 4.78. The van der Waals surface area contributed by atoms with Gasteiger partial charge in [0.1, 0.15) is 0 Å². The third-order valence-corrected chi connectivity index (χ3v) is 3.60. The molecule has 1 unspecified atom stereocenters. The van der Waals surface area contributed by atoms with Crippen LogP contribution < -0.4 is 5.32 Å². The van der Waals surface area contributed by atoms with Crippen LogP contribution in [0.1, 0.15) is 58.8 Å². The van der Waals surface area contributed by atoms with Crippen LogP contribution in [0.2, 0.25) is 0 Å². The van der Waals surface area contributed by atoms with Crippen molar-refractivity contribution in [1.82, 2.24) is 10.2 Å². The Bertz CT molecular complexity index is 153. The van der Waals surface area contributed by atoms with E-state index >= 15 is 0 Å². The van der Waals surface area contributed by atoms with Gasteiger partial charge in [-0.3, -0.25) is 4.90 Å². The summed E-state index contributed by atoms with van der Waals surface area (Å²) in [6.45, 7) is 9.64. The number of hydrogen-bond acceptors (Lipinski definition) is 2. The third kappa shape index (κ3) is 5.31. The first-order valence-electron chi connectivity index (χ1n) is 7.33. The van der Waals surface area contributed by atoms with E-state index in [0.29, 0.717) is 0 Å². The molecule has 1 atom stereocenters. The summed E-state index contributed by atoms with van der Waals surface area (Å²) in [6, 6.07) is 0.815. The molecule has 0 aromatic rings. The molecule has 0 amide bonds. The summed E-state index contributed by atoms with van der Waals surface area (Å²) in [5.74, 6) is 0. The Morgan fingerprint density at radius 1 is 1.06 bits per heavy atom. The van der Waals surface area contributed by atoms with Gasteiger partial charge in [0.05, 0.1) is 0 Å². The predicted octanol–water partition coefficient (Wildman–Crippen LogP) is 3.03. The lowest BCUT2D eigenvalue weighted by Gasteiger charge is -2.34.